The van der Waals surface area contributed by atoms with Crippen molar-refractivity contribution in [3.05, 3.63) is 30.1 Å². The van der Waals surface area contributed by atoms with E-state index in [9.17, 15) is 4.79 Å². The van der Waals surface area contributed by atoms with Crippen LogP contribution in [-0.2, 0) is 11.2 Å². The van der Waals surface area contributed by atoms with Crippen LogP contribution in [0.5, 0.6) is 0 Å². The Bertz CT molecular complexity index is 373. The van der Waals surface area contributed by atoms with E-state index in [0.717, 1.165) is 18.7 Å². The molecular formula is C14H22N2OS. The molecule has 1 heterocycles. The lowest BCUT2D eigenvalue weighted by molar-refractivity contribution is -0.127. The first kappa shape index (κ1) is 15.0. The smallest absolute Gasteiger partial charge is 0.232 e. The topological polar surface area (TPSA) is 33.2 Å². The SMILES string of the molecule is CN(CCc1ccccn1)C(=O)CSC(C)(C)C. The number of amides is 1. The fourth-order valence-electron chi connectivity index (χ4n) is 1.34. The Morgan fingerprint density at radius 3 is 2.67 bits per heavy atom. The summed E-state index contributed by atoms with van der Waals surface area (Å²) in [6, 6.07) is 5.86. The van der Waals surface area contributed by atoms with Gasteiger partial charge in [-0.3, -0.25) is 9.78 Å². The van der Waals surface area contributed by atoms with Gasteiger partial charge in [-0.25, -0.2) is 0 Å². The molecule has 0 aliphatic heterocycles. The summed E-state index contributed by atoms with van der Waals surface area (Å²) in [5.41, 5.74) is 1.03. The van der Waals surface area contributed by atoms with Gasteiger partial charge in [0.15, 0.2) is 0 Å². The lowest BCUT2D eigenvalue weighted by Gasteiger charge is -2.21. The van der Waals surface area contributed by atoms with Crippen molar-refractivity contribution in [3.63, 3.8) is 0 Å². The minimum atomic E-state index is 0.136. The number of carbonyl (C=O) groups is 1. The average molecular weight is 266 g/mol. The fraction of sp³-hybridized carbons (Fsp3) is 0.571. The van der Waals surface area contributed by atoms with Crippen molar-refractivity contribution < 1.29 is 4.79 Å². The number of likely N-dealkylation sites (N-methyl/N-ethyl adjacent to an activating group) is 1. The van der Waals surface area contributed by atoms with Crippen molar-refractivity contribution in [3.8, 4) is 0 Å². The molecular weight excluding hydrogens is 244 g/mol. The summed E-state index contributed by atoms with van der Waals surface area (Å²) in [6.45, 7) is 7.09. The summed E-state index contributed by atoms with van der Waals surface area (Å²) in [6.07, 6.45) is 2.59. The Morgan fingerprint density at radius 1 is 1.39 bits per heavy atom. The summed E-state index contributed by atoms with van der Waals surface area (Å²) in [7, 11) is 1.86. The van der Waals surface area contributed by atoms with Crippen molar-refractivity contribution in [1.82, 2.24) is 9.88 Å². The molecule has 0 N–H and O–H groups in total. The third-order valence-electron chi connectivity index (χ3n) is 2.48. The molecule has 1 aromatic rings. The van der Waals surface area contributed by atoms with Crippen LogP contribution in [0.2, 0.25) is 0 Å². The van der Waals surface area contributed by atoms with Crippen LogP contribution in [0.3, 0.4) is 0 Å². The highest BCUT2D eigenvalue weighted by molar-refractivity contribution is 8.01. The largest absolute Gasteiger partial charge is 0.345 e. The molecule has 1 amide bonds. The molecule has 0 saturated heterocycles. The van der Waals surface area contributed by atoms with E-state index in [0.29, 0.717) is 5.75 Å². The highest BCUT2D eigenvalue weighted by atomic mass is 32.2. The van der Waals surface area contributed by atoms with Gasteiger partial charge in [-0.1, -0.05) is 26.8 Å². The Balaban J connectivity index is 2.32. The summed E-state index contributed by atoms with van der Waals surface area (Å²) >= 11 is 1.68. The van der Waals surface area contributed by atoms with Crippen LogP contribution in [0.25, 0.3) is 0 Å². The zero-order chi connectivity index (χ0) is 13.6. The van der Waals surface area contributed by atoms with Gasteiger partial charge >= 0.3 is 0 Å². The van der Waals surface area contributed by atoms with E-state index in [1.54, 1.807) is 22.9 Å². The van der Waals surface area contributed by atoms with Gasteiger partial charge in [0.1, 0.15) is 0 Å². The molecule has 0 spiro atoms. The van der Waals surface area contributed by atoms with E-state index in [1.807, 2.05) is 25.2 Å². The molecule has 0 atom stereocenters. The van der Waals surface area contributed by atoms with Crippen LogP contribution in [0.15, 0.2) is 24.4 Å². The van der Waals surface area contributed by atoms with Crippen LogP contribution in [-0.4, -0.2) is 39.9 Å². The molecule has 3 nitrogen and oxygen atoms in total. The van der Waals surface area contributed by atoms with E-state index < -0.39 is 0 Å². The van der Waals surface area contributed by atoms with Crippen LogP contribution in [0.1, 0.15) is 26.5 Å². The highest BCUT2D eigenvalue weighted by Gasteiger charge is 2.15. The fourth-order valence-corrected chi connectivity index (χ4v) is 2.12. The number of carbonyl (C=O) groups excluding carboxylic acids is 1. The monoisotopic (exact) mass is 266 g/mol. The third kappa shape index (κ3) is 6.05. The van der Waals surface area contributed by atoms with Gasteiger partial charge in [0.05, 0.1) is 5.75 Å². The maximum atomic E-state index is 11.9. The van der Waals surface area contributed by atoms with Gasteiger partial charge in [-0.15, -0.1) is 11.8 Å². The second-order valence-corrected chi connectivity index (χ2v) is 7.09. The van der Waals surface area contributed by atoms with E-state index in [1.165, 1.54) is 0 Å². The van der Waals surface area contributed by atoms with Crippen LogP contribution < -0.4 is 0 Å². The lowest BCUT2D eigenvalue weighted by atomic mass is 10.2. The minimum absolute atomic E-state index is 0.136. The Labute approximate surface area is 114 Å². The zero-order valence-electron chi connectivity index (χ0n) is 11.6. The van der Waals surface area contributed by atoms with E-state index in [4.69, 9.17) is 0 Å². The first-order valence-electron chi connectivity index (χ1n) is 6.16. The minimum Gasteiger partial charge on any atom is -0.345 e. The van der Waals surface area contributed by atoms with Crippen LogP contribution in [0, 0.1) is 0 Å². The Hall–Kier alpha value is -1.03. The molecule has 18 heavy (non-hydrogen) atoms. The predicted molar refractivity (Wildman–Crippen MR) is 77.8 cm³/mol. The quantitative estimate of drug-likeness (QED) is 0.821. The summed E-state index contributed by atoms with van der Waals surface area (Å²) in [4.78, 5) is 17.9. The number of thioether (sulfide) groups is 1. The number of hydrogen-bond acceptors (Lipinski definition) is 3. The molecule has 0 aromatic carbocycles. The van der Waals surface area contributed by atoms with Gasteiger partial charge in [0.25, 0.3) is 0 Å². The van der Waals surface area contributed by atoms with Crippen LogP contribution in [0.4, 0.5) is 0 Å². The molecule has 0 unspecified atom stereocenters. The molecule has 0 saturated carbocycles. The first-order valence-corrected chi connectivity index (χ1v) is 7.15. The van der Waals surface area contributed by atoms with E-state index in [-0.39, 0.29) is 10.7 Å². The molecule has 0 radical (unpaired) electrons. The number of pyridine rings is 1. The molecule has 0 aliphatic carbocycles. The van der Waals surface area contributed by atoms with Crippen molar-refractivity contribution in [1.29, 1.82) is 0 Å². The molecule has 1 rings (SSSR count). The van der Waals surface area contributed by atoms with Gasteiger partial charge in [0, 0.05) is 36.7 Å². The third-order valence-corrected chi connectivity index (χ3v) is 3.74. The highest BCUT2D eigenvalue weighted by Crippen LogP contribution is 2.22. The standard InChI is InChI=1S/C14H22N2OS/c1-14(2,3)18-11-13(17)16(4)10-8-12-7-5-6-9-15-12/h5-7,9H,8,10-11H2,1-4H3. The second-order valence-electron chi connectivity index (χ2n) is 5.29. The van der Waals surface area contributed by atoms with Crippen molar-refractivity contribution in [2.45, 2.75) is 31.9 Å². The van der Waals surface area contributed by atoms with Gasteiger partial charge in [-0.2, -0.15) is 0 Å². The molecule has 0 aliphatic rings. The molecule has 100 valence electrons. The Kier molecular flexibility index (Phi) is 5.66. The van der Waals surface area contributed by atoms with Crippen LogP contribution >= 0.6 is 11.8 Å². The number of rotatable bonds is 5. The van der Waals surface area contributed by atoms with Gasteiger partial charge < -0.3 is 4.90 Å². The summed E-state index contributed by atoms with van der Waals surface area (Å²) in [5.74, 6) is 0.730. The summed E-state index contributed by atoms with van der Waals surface area (Å²) in [5, 5.41) is 0. The van der Waals surface area contributed by atoms with Gasteiger partial charge in [-0.05, 0) is 12.1 Å². The molecule has 1 aromatic heterocycles. The predicted octanol–water partition coefficient (Wildman–Crippen LogP) is 2.61. The lowest BCUT2D eigenvalue weighted by Crippen LogP contribution is -2.31. The maximum Gasteiger partial charge on any atom is 0.232 e. The molecule has 4 heteroatoms. The molecule has 0 bridgehead atoms. The van der Waals surface area contributed by atoms with Crippen molar-refractivity contribution in [2.24, 2.45) is 0 Å². The van der Waals surface area contributed by atoms with E-state index >= 15 is 0 Å². The zero-order valence-corrected chi connectivity index (χ0v) is 12.5. The normalized spacial score (nSPS) is 11.3. The second kappa shape index (κ2) is 6.78. The average Bonchev–Trinajstić information content (AvgIpc) is 2.33. The Morgan fingerprint density at radius 2 is 2.11 bits per heavy atom. The van der Waals surface area contributed by atoms with E-state index in [2.05, 4.69) is 25.8 Å². The summed E-state index contributed by atoms with van der Waals surface area (Å²) < 4.78 is 0.136. The number of hydrogen-bond donors (Lipinski definition) is 0. The van der Waals surface area contributed by atoms with Crippen molar-refractivity contribution in [2.75, 3.05) is 19.3 Å². The molecule has 0 fully saturated rings. The maximum absolute atomic E-state index is 11.9. The van der Waals surface area contributed by atoms with Crippen molar-refractivity contribution >= 4 is 17.7 Å². The number of nitrogens with zero attached hydrogens (tertiary/aromatic N) is 2. The first-order chi connectivity index (χ1) is 8.38. The number of aromatic nitrogens is 1. The van der Waals surface area contributed by atoms with Gasteiger partial charge in [0.2, 0.25) is 5.91 Å².